The lowest BCUT2D eigenvalue weighted by Gasteiger charge is -2.02. The molecule has 17 heavy (non-hydrogen) atoms. The molecule has 0 aliphatic rings. The Morgan fingerprint density at radius 1 is 1.24 bits per heavy atom. The second-order valence-corrected chi connectivity index (χ2v) is 7.66. The highest BCUT2D eigenvalue weighted by molar-refractivity contribution is 14.1. The van der Waals surface area contributed by atoms with Gasteiger partial charge in [0.15, 0.2) is 0 Å². The van der Waals surface area contributed by atoms with Crippen molar-refractivity contribution in [3.63, 3.8) is 0 Å². The maximum atomic E-state index is 11.9. The molecule has 1 N–H and O–H groups in total. The molecule has 0 unspecified atom stereocenters. The maximum Gasteiger partial charge on any atom is 0.265 e. The van der Waals surface area contributed by atoms with Crippen molar-refractivity contribution in [3.8, 4) is 0 Å². The Balaban J connectivity index is 2.14. The third kappa shape index (κ3) is 3.52. The summed E-state index contributed by atoms with van der Waals surface area (Å²) in [6.45, 7) is 0. The third-order valence-electron chi connectivity index (χ3n) is 1.97. The summed E-state index contributed by atoms with van der Waals surface area (Å²) in [4.78, 5) is 12.6. The lowest BCUT2D eigenvalue weighted by Crippen LogP contribution is -2.09. The standard InChI is InChI=1S/C11H6Br2INOS/c12-8-5-9(17-10(8)13)11(16)15-7-3-1-6(14)2-4-7/h1-5H,(H,15,16). The van der Waals surface area contributed by atoms with Gasteiger partial charge in [-0.1, -0.05) is 0 Å². The molecule has 6 heteroatoms. The van der Waals surface area contributed by atoms with E-state index >= 15 is 0 Å². The molecule has 0 fully saturated rings. The van der Waals surface area contributed by atoms with E-state index in [0.29, 0.717) is 4.88 Å². The predicted octanol–water partition coefficient (Wildman–Crippen LogP) is 5.13. The fourth-order valence-electron chi connectivity index (χ4n) is 1.18. The van der Waals surface area contributed by atoms with Gasteiger partial charge in [-0.05, 0) is 84.8 Å². The Morgan fingerprint density at radius 2 is 1.88 bits per heavy atom. The van der Waals surface area contributed by atoms with E-state index in [1.807, 2.05) is 24.3 Å². The van der Waals surface area contributed by atoms with Gasteiger partial charge in [0.1, 0.15) is 0 Å². The quantitative estimate of drug-likeness (QED) is 0.586. The van der Waals surface area contributed by atoms with Crippen LogP contribution in [0.25, 0.3) is 0 Å². The first-order chi connectivity index (χ1) is 8.06. The van der Waals surface area contributed by atoms with Crippen molar-refractivity contribution in [2.45, 2.75) is 0 Å². The molecule has 1 amide bonds. The molecule has 1 aromatic heterocycles. The number of benzene rings is 1. The first-order valence-electron chi connectivity index (χ1n) is 4.58. The number of amides is 1. The summed E-state index contributed by atoms with van der Waals surface area (Å²) in [6, 6.07) is 9.48. The molecule has 0 saturated heterocycles. The largest absolute Gasteiger partial charge is 0.321 e. The van der Waals surface area contributed by atoms with Gasteiger partial charge in [0.25, 0.3) is 5.91 Å². The highest BCUT2D eigenvalue weighted by atomic mass is 127. The summed E-state index contributed by atoms with van der Waals surface area (Å²) in [7, 11) is 0. The molecule has 0 atom stereocenters. The number of carbonyl (C=O) groups excluding carboxylic acids is 1. The Bertz CT molecular complexity index is 534. The Hall–Kier alpha value is 0.0800. The van der Waals surface area contributed by atoms with Gasteiger partial charge in [0.2, 0.25) is 0 Å². The molecule has 2 rings (SSSR count). The van der Waals surface area contributed by atoms with Crippen molar-refractivity contribution in [2.24, 2.45) is 0 Å². The van der Waals surface area contributed by atoms with Crippen LogP contribution in [0.1, 0.15) is 9.67 Å². The number of halogens is 3. The number of nitrogens with one attached hydrogen (secondary N) is 1. The van der Waals surface area contributed by atoms with Crippen LogP contribution in [-0.2, 0) is 0 Å². The SMILES string of the molecule is O=C(Nc1ccc(I)cc1)c1cc(Br)c(Br)s1. The molecular formula is C11H6Br2INOS. The van der Waals surface area contributed by atoms with Gasteiger partial charge in [0.05, 0.1) is 8.66 Å². The lowest BCUT2D eigenvalue weighted by molar-refractivity contribution is 0.103. The monoisotopic (exact) mass is 485 g/mol. The predicted molar refractivity (Wildman–Crippen MR) is 86.8 cm³/mol. The minimum absolute atomic E-state index is 0.0948. The zero-order valence-corrected chi connectivity index (χ0v) is 14.5. The van der Waals surface area contributed by atoms with Gasteiger partial charge >= 0.3 is 0 Å². The Morgan fingerprint density at radius 3 is 2.41 bits per heavy atom. The summed E-state index contributed by atoms with van der Waals surface area (Å²) >= 11 is 10.4. The second-order valence-electron chi connectivity index (χ2n) is 3.19. The molecule has 0 bridgehead atoms. The smallest absolute Gasteiger partial charge is 0.265 e. The van der Waals surface area contributed by atoms with Crippen molar-refractivity contribution in [2.75, 3.05) is 5.32 Å². The van der Waals surface area contributed by atoms with Crippen LogP contribution in [-0.4, -0.2) is 5.91 Å². The molecule has 1 heterocycles. The zero-order valence-electron chi connectivity index (χ0n) is 8.34. The van der Waals surface area contributed by atoms with Gasteiger partial charge in [-0.3, -0.25) is 4.79 Å². The topological polar surface area (TPSA) is 29.1 Å². The van der Waals surface area contributed by atoms with Crippen LogP contribution in [0.4, 0.5) is 5.69 Å². The molecular weight excluding hydrogens is 481 g/mol. The maximum absolute atomic E-state index is 11.9. The summed E-state index contributed by atoms with van der Waals surface area (Å²) in [5, 5.41) is 2.85. The summed E-state index contributed by atoms with van der Waals surface area (Å²) < 4.78 is 2.96. The van der Waals surface area contributed by atoms with Gasteiger partial charge in [-0.2, -0.15) is 0 Å². The van der Waals surface area contributed by atoms with E-state index < -0.39 is 0 Å². The molecule has 0 spiro atoms. The molecule has 2 nitrogen and oxygen atoms in total. The average molecular weight is 487 g/mol. The van der Waals surface area contributed by atoms with Crippen molar-refractivity contribution in [3.05, 3.63) is 47.0 Å². The Kier molecular flexibility index (Phi) is 4.62. The van der Waals surface area contributed by atoms with Crippen LogP contribution in [0.15, 0.2) is 38.6 Å². The molecule has 0 saturated carbocycles. The summed E-state index contributed by atoms with van der Waals surface area (Å²) in [5.41, 5.74) is 0.802. The van der Waals surface area contributed by atoms with Crippen molar-refractivity contribution >= 4 is 77.4 Å². The van der Waals surface area contributed by atoms with Crippen molar-refractivity contribution < 1.29 is 4.79 Å². The fourth-order valence-corrected chi connectivity index (χ4v) is 3.47. The van der Waals surface area contributed by atoms with E-state index in [9.17, 15) is 4.79 Å². The normalized spacial score (nSPS) is 10.3. The molecule has 1 aromatic carbocycles. The molecule has 2 aromatic rings. The van der Waals surface area contributed by atoms with Crippen LogP contribution >= 0.6 is 65.8 Å². The number of anilines is 1. The van der Waals surface area contributed by atoms with Crippen molar-refractivity contribution in [1.82, 2.24) is 0 Å². The van der Waals surface area contributed by atoms with Gasteiger partial charge in [-0.25, -0.2) is 0 Å². The fraction of sp³-hybridized carbons (Fsp3) is 0. The number of thiophene rings is 1. The second kappa shape index (κ2) is 5.81. The minimum Gasteiger partial charge on any atom is -0.321 e. The number of rotatable bonds is 2. The number of hydrogen-bond donors (Lipinski definition) is 1. The van der Waals surface area contributed by atoms with Crippen LogP contribution in [0.2, 0.25) is 0 Å². The third-order valence-corrected chi connectivity index (χ3v) is 5.95. The van der Waals surface area contributed by atoms with Gasteiger partial charge in [0, 0.05) is 13.7 Å². The van der Waals surface area contributed by atoms with Crippen LogP contribution in [0.3, 0.4) is 0 Å². The molecule has 0 radical (unpaired) electrons. The Labute approximate surface area is 133 Å². The van der Waals surface area contributed by atoms with Crippen LogP contribution < -0.4 is 5.32 Å². The van der Waals surface area contributed by atoms with E-state index in [2.05, 4.69) is 59.8 Å². The molecule has 0 aliphatic heterocycles. The highest BCUT2D eigenvalue weighted by Crippen LogP contribution is 2.32. The minimum atomic E-state index is -0.0948. The van der Waals surface area contributed by atoms with E-state index in [-0.39, 0.29) is 5.91 Å². The van der Waals surface area contributed by atoms with Crippen LogP contribution in [0, 0.1) is 3.57 Å². The summed E-state index contributed by atoms with van der Waals surface area (Å²) in [5.74, 6) is -0.0948. The van der Waals surface area contributed by atoms with E-state index in [1.165, 1.54) is 11.3 Å². The lowest BCUT2D eigenvalue weighted by atomic mass is 10.3. The molecule has 0 aliphatic carbocycles. The van der Waals surface area contributed by atoms with Gasteiger partial charge in [-0.15, -0.1) is 11.3 Å². The molecule has 88 valence electrons. The van der Waals surface area contributed by atoms with Crippen molar-refractivity contribution in [1.29, 1.82) is 0 Å². The zero-order chi connectivity index (χ0) is 12.4. The highest BCUT2D eigenvalue weighted by Gasteiger charge is 2.11. The van der Waals surface area contributed by atoms with E-state index in [4.69, 9.17) is 0 Å². The number of hydrogen-bond acceptors (Lipinski definition) is 2. The first-order valence-corrected chi connectivity index (χ1v) is 8.06. The average Bonchev–Trinajstić information content (AvgIpc) is 2.63. The summed E-state index contributed by atoms with van der Waals surface area (Å²) in [6.07, 6.45) is 0. The van der Waals surface area contributed by atoms with Gasteiger partial charge < -0.3 is 5.32 Å². The van der Waals surface area contributed by atoms with Crippen LogP contribution in [0.5, 0.6) is 0 Å². The first kappa shape index (κ1) is 13.5. The number of carbonyl (C=O) groups is 1. The van der Waals surface area contributed by atoms with E-state index in [0.717, 1.165) is 17.5 Å². The van der Waals surface area contributed by atoms with E-state index in [1.54, 1.807) is 6.07 Å².